The van der Waals surface area contributed by atoms with Gasteiger partial charge >= 0.3 is 5.97 Å². The summed E-state index contributed by atoms with van der Waals surface area (Å²) in [5.41, 5.74) is 9.55. The van der Waals surface area contributed by atoms with Crippen molar-refractivity contribution >= 4 is 18.1 Å². The number of carboxylic acid groups (broad SMARTS) is 1. The molecule has 6 heteroatoms. The maximum absolute atomic E-state index is 11.3. The zero-order valence-corrected chi connectivity index (χ0v) is 12.0. The van der Waals surface area contributed by atoms with Gasteiger partial charge in [0.25, 0.3) is 0 Å². The molecule has 0 bridgehead atoms. The number of aliphatic carboxylic acids is 1. The lowest BCUT2D eigenvalue weighted by atomic mass is 10.0. The molecule has 1 heterocycles. The highest BCUT2D eigenvalue weighted by atomic mass is 16.4. The number of nitrogen functional groups attached to an aromatic ring is 1. The van der Waals surface area contributed by atoms with Crippen LogP contribution in [0.3, 0.4) is 0 Å². The summed E-state index contributed by atoms with van der Waals surface area (Å²) >= 11 is 0. The number of aryl methyl sites for hydroxylation is 3. The first-order chi connectivity index (χ1) is 9.93. The molecule has 0 saturated heterocycles. The zero-order chi connectivity index (χ0) is 15.6. The van der Waals surface area contributed by atoms with Gasteiger partial charge in [-0.3, -0.25) is 9.59 Å². The number of carbonyl (C=O) groups excluding carboxylic acids is 1. The molecule has 0 fully saturated rings. The normalized spacial score (nSPS) is 10.6. The number of aromatic nitrogens is 2. The van der Waals surface area contributed by atoms with E-state index in [9.17, 15) is 9.59 Å². The maximum atomic E-state index is 11.3. The Labute approximate surface area is 122 Å². The summed E-state index contributed by atoms with van der Waals surface area (Å²) in [4.78, 5) is 22.0. The van der Waals surface area contributed by atoms with Gasteiger partial charge < -0.3 is 10.8 Å². The van der Waals surface area contributed by atoms with E-state index in [0.29, 0.717) is 17.5 Å². The Kier molecular flexibility index (Phi) is 4.07. The second-order valence-corrected chi connectivity index (χ2v) is 4.95. The first-order valence-corrected chi connectivity index (χ1v) is 6.55. The number of benzene rings is 1. The first kappa shape index (κ1) is 14.8. The van der Waals surface area contributed by atoms with Crippen LogP contribution in [0.5, 0.6) is 0 Å². The topological polar surface area (TPSA) is 98.2 Å². The monoisotopic (exact) mass is 287 g/mol. The highest BCUT2D eigenvalue weighted by molar-refractivity contribution is 5.92. The lowest BCUT2D eigenvalue weighted by Gasteiger charge is -2.04. The van der Waals surface area contributed by atoms with E-state index < -0.39 is 5.97 Å². The van der Waals surface area contributed by atoms with Gasteiger partial charge in [-0.2, -0.15) is 5.10 Å². The smallest absolute Gasteiger partial charge is 0.305 e. The molecule has 0 unspecified atom stereocenters. The largest absolute Gasteiger partial charge is 0.481 e. The van der Waals surface area contributed by atoms with E-state index in [4.69, 9.17) is 10.8 Å². The fourth-order valence-electron chi connectivity index (χ4n) is 2.17. The molecule has 6 nitrogen and oxygen atoms in total. The molecule has 0 atom stereocenters. The lowest BCUT2D eigenvalue weighted by molar-refractivity contribution is -0.137. The fourth-order valence-corrected chi connectivity index (χ4v) is 2.17. The van der Waals surface area contributed by atoms with E-state index in [-0.39, 0.29) is 18.8 Å². The number of rotatable bonds is 5. The molecule has 2 rings (SSSR count). The predicted octanol–water partition coefficient (Wildman–Crippen LogP) is 2.04. The molecule has 0 aliphatic carbocycles. The van der Waals surface area contributed by atoms with Crippen LogP contribution in [0.2, 0.25) is 0 Å². The van der Waals surface area contributed by atoms with Crippen molar-refractivity contribution in [2.75, 3.05) is 5.73 Å². The van der Waals surface area contributed by atoms with Gasteiger partial charge in [-0.25, -0.2) is 4.68 Å². The van der Waals surface area contributed by atoms with Crippen molar-refractivity contribution in [3.05, 3.63) is 34.9 Å². The number of carboxylic acids is 1. The number of hydrogen-bond acceptors (Lipinski definition) is 4. The predicted molar refractivity (Wildman–Crippen MR) is 79.2 cm³/mol. The molecular formula is C15H17N3O3. The Morgan fingerprint density at radius 1 is 1.43 bits per heavy atom. The number of anilines is 1. The van der Waals surface area contributed by atoms with E-state index in [1.807, 2.05) is 32.0 Å². The van der Waals surface area contributed by atoms with Crippen LogP contribution >= 0.6 is 0 Å². The van der Waals surface area contributed by atoms with Crippen molar-refractivity contribution in [3.63, 3.8) is 0 Å². The maximum Gasteiger partial charge on any atom is 0.305 e. The highest BCUT2D eigenvalue weighted by Gasteiger charge is 2.18. The van der Waals surface area contributed by atoms with Crippen LogP contribution in [0.1, 0.15) is 27.9 Å². The minimum Gasteiger partial charge on any atom is -0.481 e. The molecule has 0 spiro atoms. The zero-order valence-electron chi connectivity index (χ0n) is 12.0. The summed E-state index contributed by atoms with van der Waals surface area (Å²) < 4.78 is 1.37. The molecule has 2 aromatic rings. The summed E-state index contributed by atoms with van der Waals surface area (Å²) in [5.74, 6) is -0.743. The van der Waals surface area contributed by atoms with E-state index in [1.165, 1.54) is 4.68 Å². The van der Waals surface area contributed by atoms with Crippen molar-refractivity contribution in [3.8, 4) is 11.3 Å². The average Bonchev–Trinajstić information content (AvgIpc) is 2.75. The summed E-state index contributed by atoms with van der Waals surface area (Å²) in [7, 11) is 0. The molecule has 0 radical (unpaired) electrons. The molecule has 21 heavy (non-hydrogen) atoms. The number of carbonyl (C=O) groups is 2. The number of aldehydes is 1. The van der Waals surface area contributed by atoms with Gasteiger partial charge in [-0.1, -0.05) is 17.7 Å². The van der Waals surface area contributed by atoms with Gasteiger partial charge in [0.2, 0.25) is 0 Å². The quantitative estimate of drug-likeness (QED) is 0.820. The molecular weight excluding hydrogens is 270 g/mol. The Bertz CT molecular complexity index is 704. The second kappa shape index (κ2) is 5.78. The number of nitrogens with zero attached hydrogens (tertiary/aromatic N) is 2. The standard InChI is InChI=1S/C15H17N3O3/c1-9-3-4-10(2)11(7-9)14-12(8-19)15(16)18(17-14)6-5-13(20)21/h3-4,7-8H,5-6,16H2,1-2H3,(H,20,21). The Hall–Kier alpha value is -2.63. The van der Waals surface area contributed by atoms with E-state index in [0.717, 1.165) is 16.7 Å². The summed E-state index contributed by atoms with van der Waals surface area (Å²) in [6, 6.07) is 5.86. The van der Waals surface area contributed by atoms with Gasteiger partial charge in [0.05, 0.1) is 18.5 Å². The van der Waals surface area contributed by atoms with Gasteiger partial charge in [0.15, 0.2) is 6.29 Å². The van der Waals surface area contributed by atoms with Crippen LogP contribution in [0, 0.1) is 13.8 Å². The van der Waals surface area contributed by atoms with Gasteiger partial charge in [0.1, 0.15) is 11.5 Å². The van der Waals surface area contributed by atoms with Crippen molar-refractivity contribution in [2.45, 2.75) is 26.8 Å². The van der Waals surface area contributed by atoms with Crippen molar-refractivity contribution in [2.24, 2.45) is 0 Å². The lowest BCUT2D eigenvalue weighted by Crippen LogP contribution is -2.09. The van der Waals surface area contributed by atoms with Crippen molar-refractivity contribution < 1.29 is 14.7 Å². The van der Waals surface area contributed by atoms with Crippen LogP contribution in [-0.2, 0) is 11.3 Å². The highest BCUT2D eigenvalue weighted by Crippen LogP contribution is 2.29. The van der Waals surface area contributed by atoms with E-state index in [2.05, 4.69) is 5.10 Å². The molecule has 0 aliphatic heterocycles. The van der Waals surface area contributed by atoms with Crippen LogP contribution < -0.4 is 5.73 Å². The molecule has 3 N–H and O–H groups in total. The fraction of sp³-hybridized carbons (Fsp3) is 0.267. The van der Waals surface area contributed by atoms with E-state index in [1.54, 1.807) is 0 Å². The minimum absolute atomic E-state index is 0.101. The van der Waals surface area contributed by atoms with Crippen molar-refractivity contribution in [1.29, 1.82) is 0 Å². The van der Waals surface area contributed by atoms with Crippen LogP contribution in [0.15, 0.2) is 18.2 Å². The average molecular weight is 287 g/mol. The van der Waals surface area contributed by atoms with Gasteiger partial charge in [0, 0.05) is 5.56 Å². The summed E-state index contributed by atoms with van der Waals surface area (Å²) in [5, 5.41) is 13.1. The third-order valence-electron chi connectivity index (χ3n) is 3.33. The van der Waals surface area contributed by atoms with E-state index >= 15 is 0 Å². The third-order valence-corrected chi connectivity index (χ3v) is 3.33. The van der Waals surface area contributed by atoms with Gasteiger partial charge in [-0.05, 0) is 25.5 Å². The SMILES string of the molecule is Cc1ccc(C)c(-c2nn(CCC(=O)O)c(N)c2C=O)c1. The number of nitrogens with two attached hydrogens (primary N) is 1. The van der Waals surface area contributed by atoms with Gasteiger partial charge in [-0.15, -0.1) is 0 Å². The second-order valence-electron chi connectivity index (χ2n) is 4.95. The molecule has 1 aromatic carbocycles. The molecule has 1 aromatic heterocycles. The Morgan fingerprint density at radius 2 is 2.14 bits per heavy atom. The Morgan fingerprint density at radius 3 is 2.76 bits per heavy atom. The number of hydrogen-bond donors (Lipinski definition) is 2. The van der Waals surface area contributed by atoms with Crippen LogP contribution in [-0.4, -0.2) is 27.1 Å². The van der Waals surface area contributed by atoms with Crippen molar-refractivity contribution in [1.82, 2.24) is 9.78 Å². The summed E-state index contributed by atoms with van der Waals surface area (Å²) in [6.45, 7) is 4.01. The first-order valence-electron chi connectivity index (χ1n) is 6.55. The third kappa shape index (κ3) is 2.94. The molecule has 0 aliphatic rings. The summed E-state index contributed by atoms with van der Waals surface area (Å²) in [6.07, 6.45) is 0.563. The molecule has 110 valence electrons. The van der Waals surface area contributed by atoms with Crippen LogP contribution in [0.25, 0.3) is 11.3 Å². The Balaban J connectivity index is 2.53. The van der Waals surface area contributed by atoms with Crippen LogP contribution in [0.4, 0.5) is 5.82 Å². The molecule has 0 saturated carbocycles. The molecule has 0 amide bonds. The minimum atomic E-state index is -0.939.